The monoisotopic (exact) mass is 311 g/mol. The van der Waals surface area contributed by atoms with Crippen molar-refractivity contribution in [1.82, 2.24) is 5.32 Å². The fraction of sp³-hybridized carbons (Fsp3) is 0.562. The molecular weight excluding hydrogens is 288 g/mol. The standard InChI is InChI=1S/C16H23F2N3O/c1-10(2)11(3)19-16(22)20-12-8-13(17)15(14(18)9-12)21-6-4-5-7-21/h8-11H,4-7H2,1-3H3,(H2,19,20,22). The Morgan fingerprint density at radius 2 is 1.68 bits per heavy atom. The molecule has 2 amide bonds. The van der Waals surface area contributed by atoms with Crippen LogP contribution in [0.4, 0.5) is 25.0 Å². The van der Waals surface area contributed by atoms with E-state index >= 15 is 0 Å². The van der Waals surface area contributed by atoms with Crippen LogP contribution in [0, 0.1) is 17.6 Å². The third-order valence-corrected chi connectivity index (χ3v) is 4.06. The van der Waals surface area contributed by atoms with Gasteiger partial charge in [0.2, 0.25) is 0 Å². The van der Waals surface area contributed by atoms with Crippen LogP contribution in [0.1, 0.15) is 33.6 Å². The van der Waals surface area contributed by atoms with Crippen molar-refractivity contribution in [1.29, 1.82) is 0 Å². The fourth-order valence-corrected chi connectivity index (χ4v) is 2.42. The van der Waals surface area contributed by atoms with Crippen LogP contribution in [0.25, 0.3) is 0 Å². The number of nitrogens with one attached hydrogen (secondary N) is 2. The summed E-state index contributed by atoms with van der Waals surface area (Å²) in [5.74, 6) is -1.01. The highest BCUT2D eigenvalue weighted by Gasteiger charge is 2.21. The summed E-state index contributed by atoms with van der Waals surface area (Å²) in [6.07, 6.45) is 1.88. The van der Waals surface area contributed by atoms with Gasteiger partial charge in [0.25, 0.3) is 0 Å². The Hall–Kier alpha value is -1.85. The maximum absolute atomic E-state index is 14.2. The van der Waals surface area contributed by atoms with Gasteiger partial charge in [0.05, 0.1) is 0 Å². The fourth-order valence-electron chi connectivity index (χ4n) is 2.42. The molecule has 1 heterocycles. The lowest BCUT2D eigenvalue weighted by molar-refractivity contribution is 0.246. The van der Waals surface area contributed by atoms with Crippen molar-refractivity contribution in [2.24, 2.45) is 5.92 Å². The van der Waals surface area contributed by atoms with Gasteiger partial charge in [0.1, 0.15) is 5.69 Å². The maximum Gasteiger partial charge on any atom is 0.319 e. The van der Waals surface area contributed by atoms with Crippen LogP contribution in [0.2, 0.25) is 0 Å². The zero-order chi connectivity index (χ0) is 16.3. The number of hydrogen-bond donors (Lipinski definition) is 2. The molecule has 0 bridgehead atoms. The van der Waals surface area contributed by atoms with Crippen molar-refractivity contribution >= 4 is 17.4 Å². The van der Waals surface area contributed by atoms with Crippen LogP contribution in [-0.2, 0) is 0 Å². The van der Waals surface area contributed by atoms with Gasteiger partial charge in [-0.25, -0.2) is 13.6 Å². The normalized spacial score (nSPS) is 16.0. The summed E-state index contributed by atoms with van der Waals surface area (Å²) in [6.45, 7) is 7.16. The van der Waals surface area contributed by atoms with Crippen LogP contribution >= 0.6 is 0 Å². The van der Waals surface area contributed by atoms with E-state index in [0.717, 1.165) is 25.0 Å². The molecule has 1 aromatic carbocycles. The second-order valence-electron chi connectivity index (χ2n) is 6.11. The third-order valence-electron chi connectivity index (χ3n) is 4.06. The van der Waals surface area contributed by atoms with Gasteiger partial charge in [-0.3, -0.25) is 0 Å². The maximum atomic E-state index is 14.2. The molecule has 4 nitrogen and oxygen atoms in total. The minimum atomic E-state index is -0.644. The Kier molecular flexibility index (Phi) is 5.21. The van der Waals surface area contributed by atoms with E-state index in [0.29, 0.717) is 13.1 Å². The third kappa shape index (κ3) is 3.87. The number of benzene rings is 1. The molecule has 1 saturated heterocycles. The smallest absolute Gasteiger partial charge is 0.319 e. The summed E-state index contributed by atoms with van der Waals surface area (Å²) in [6, 6.07) is 1.83. The molecule has 1 aliphatic heterocycles. The number of carbonyl (C=O) groups excluding carboxylic acids is 1. The van der Waals surface area contributed by atoms with E-state index in [1.165, 1.54) is 0 Å². The molecule has 2 rings (SSSR count). The molecule has 2 N–H and O–H groups in total. The van der Waals surface area contributed by atoms with Crippen LogP contribution in [-0.4, -0.2) is 25.2 Å². The van der Waals surface area contributed by atoms with E-state index < -0.39 is 17.7 Å². The Labute approximate surface area is 129 Å². The number of amides is 2. The molecule has 0 spiro atoms. The van der Waals surface area contributed by atoms with Crippen LogP contribution in [0.5, 0.6) is 0 Å². The second kappa shape index (κ2) is 6.94. The zero-order valence-corrected chi connectivity index (χ0v) is 13.2. The van der Waals surface area contributed by atoms with Crippen LogP contribution in [0.15, 0.2) is 12.1 Å². The van der Waals surface area contributed by atoms with Gasteiger partial charge in [-0.2, -0.15) is 0 Å². The van der Waals surface area contributed by atoms with Gasteiger partial charge in [-0.05, 0) is 37.8 Å². The predicted molar refractivity (Wildman–Crippen MR) is 84.3 cm³/mol. The van der Waals surface area contributed by atoms with Gasteiger partial charge in [0, 0.05) is 24.8 Å². The first-order valence-electron chi connectivity index (χ1n) is 7.70. The zero-order valence-electron chi connectivity index (χ0n) is 13.2. The second-order valence-corrected chi connectivity index (χ2v) is 6.11. The lowest BCUT2D eigenvalue weighted by Crippen LogP contribution is -2.39. The van der Waals surface area contributed by atoms with Crippen LogP contribution < -0.4 is 15.5 Å². The number of rotatable bonds is 4. The molecule has 122 valence electrons. The Morgan fingerprint density at radius 1 is 1.14 bits per heavy atom. The number of nitrogens with zero attached hydrogens (tertiary/aromatic N) is 1. The van der Waals surface area contributed by atoms with Crippen molar-refractivity contribution in [3.05, 3.63) is 23.8 Å². The number of anilines is 2. The Balaban J connectivity index is 2.08. The largest absolute Gasteiger partial charge is 0.367 e. The Bertz CT molecular complexity index is 519. The quantitative estimate of drug-likeness (QED) is 0.890. The van der Waals surface area contributed by atoms with Crippen molar-refractivity contribution < 1.29 is 13.6 Å². The summed E-state index contributed by atoms with van der Waals surface area (Å²) in [4.78, 5) is 13.5. The minimum Gasteiger partial charge on any atom is -0.367 e. The van der Waals surface area contributed by atoms with Crippen molar-refractivity contribution in [3.63, 3.8) is 0 Å². The predicted octanol–water partition coefficient (Wildman–Crippen LogP) is 3.73. The summed E-state index contributed by atoms with van der Waals surface area (Å²) in [5.41, 5.74) is 0.116. The molecule has 0 aliphatic carbocycles. The minimum absolute atomic E-state index is 0.000920. The first kappa shape index (κ1) is 16.5. The molecule has 1 fully saturated rings. The number of urea groups is 1. The van der Waals surface area contributed by atoms with Gasteiger partial charge in [0.15, 0.2) is 11.6 Å². The van der Waals surface area contributed by atoms with Crippen LogP contribution in [0.3, 0.4) is 0 Å². The average molecular weight is 311 g/mol. The summed E-state index contributed by atoms with van der Waals surface area (Å²) >= 11 is 0. The highest BCUT2D eigenvalue weighted by atomic mass is 19.1. The van der Waals surface area contributed by atoms with Gasteiger partial charge >= 0.3 is 6.03 Å². The summed E-state index contributed by atoms with van der Waals surface area (Å²) in [7, 11) is 0. The molecule has 6 heteroatoms. The van der Waals surface area contributed by atoms with E-state index in [-0.39, 0.29) is 23.3 Å². The lowest BCUT2D eigenvalue weighted by atomic mass is 10.1. The molecule has 1 atom stereocenters. The molecule has 1 aliphatic rings. The van der Waals surface area contributed by atoms with E-state index in [9.17, 15) is 13.6 Å². The molecule has 0 aromatic heterocycles. The summed E-state index contributed by atoms with van der Waals surface area (Å²) < 4.78 is 28.3. The topological polar surface area (TPSA) is 44.4 Å². The first-order chi connectivity index (χ1) is 10.4. The van der Waals surface area contributed by atoms with Crippen molar-refractivity contribution in [2.45, 2.75) is 39.7 Å². The lowest BCUT2D eigenvalue weighted by Gasteiger charge is -2.21. The molecule has 0 radical (unpaired) electrons. The molecular formula is C16H23F2N3O. The number of halogens is 2. The highest BCUT2D eigenvalue weighted by molar-refractivity contribution is 5.89. The molecule has 0 saturated carbocycles. The SMILES string of the molecule is CC(C)C(C)NC(=O)Nc1cc(F)c(N2CCCC2)c(F)c1. The van der Waals surface area contributed by atoms with E-state index in [1.807, 2.05) is 20.8 Å². The van der Waals surface area contributed by atoms with E-state index in [1.54, 1.807) is 4.90 Å². The number of hydrogen-bond acceptors (Lipinski definition) is 2. The Morgan fingerprint density at radius 3 is 2.18 bits per heavy atom. The average Bonchev–Trinajstić information content (AvgIpc) is 2.91. The molecule has 1 aromatic rings. The highest BCUT2D eigenvalue weighted by Crippen LogP contribution is 2.29. The molecule has 22 heavy (non-hydrogen) atoms. The van der Waals surface area contributed by atoms with Gasteiger partial charge in [-0.15, -0.1) is 0 Å². The first-order valence-corrected chi connectivity index (χ1v) is 7.70. The van der Waals surface area contributed by atoms with Crippen molar-refractivity contribution in [2.75, 3.05) is 23.3 Å². The summed E-state index contributed by atoms with van der Waals surface area (Å²) in [5, 5.41) is 5.21. The molecule has 1 unspecified atom stereocenters. The van der Waals surface area contributed by atoms with E-state index in [4.69, 9.17) is 0 Å². The number of carbonyl (C=O) groups is 1. The van der Waals surface area contributed by atoms with Gasteiger partial charge < -0.3 is 15.5 Å². The van der Waals surface area contributed by atoms with Crippen molar-refractivity contribution in [3.8, 4) is 0 Å². The van der Waals surface area contributed by atoms with E-state index in [2.05, 4.69) is 10.6 Å². The van der Waals surface area contributed by atoms with Gasteiger partial charge in [-0.1, -0.05) is 13.8 Å².